The summed E-state index contributed by atoms with van der Waals surface area (Å²) in [5.74, 6) is 6.38. The van der Waals surface area contributed by atoms with Gasteiger partial charge in [0.1, 0.15) is 0 Å². The lowest BCUT2D eigenvalue weighted by molar-refractivity contribution is 0.568. The van der Waals surface area contributed by atoms with Crippen LogP contribution in [0.4, 0.5) is 0 Å². The van der Waals surface area contributed by atoms with Crippen molar-refractivity contribution in [2.24, 2.45) is 16.8 Å². The molecule has 1 saturated heterocycles. The Kier molecular flexibility index (Phi) is 3.70. The number of nitrogens with zero attached hydrogens (tertiary/aromatic N) is 1. The molecule has 0 aromatic rings. The highest BCUT2D eigenvalue weighted by atomic mass is 32.2. The van der Waals surface area contributed by atoms with E-state index in [1.165, 1.54) is 0 Å². The summed E-state index contributed by atoms with van der Waals surface area (Å²) in [5.41, 5.74) is 2.39. The number of nitrogens with two attached hydrogens (primary N) is 1. The zero-order chi connectivity index (χ0) is 10.6. The number of hydrogen-bond donors (Lipinski definition) is 3. The van der Waals surface area contributed by atoms with E-state index < -0.39 is 9.84 Å². The lowest BCUT2D eigenvalue weighted by atomic mass is 10.1. The van der Waals surface area contributed by atoms with Crippen molar-refractivity contribution in [3.63, 3.8) is 0 Å². The van der Waals surface area contributed by atoms with Gasteiger partial charge in [-0.1, -0.05) is 0 Å². The Labute approximate surface area is 83.9 Å². The van der Waals surface area contributed by atoms with Crippen molar-refractivity contribution in [3.8, 4) is 0 Å². The van der Waals surface area contributed by atoms with E-state index in [1.807, 2.05) is 0 Å². The molecule has 1 aliphatic rings. The van der Waals surface area contributed by atoms with Gasteiger partial charge >= 0.3 is 0 Å². The normalized spacial score (nSPS) is 26.1. The Bertz CT molecular complexity index is 312. The van der Waals surface area contributed by atoms with Crippen molar-refractivity contribution in [1.29, 1.82) is 0 Å². The van der Waals surface area contributed by atoms with Crippen molar-refractivity contribution in [1.82, 2.24) is 10.7 Å². The monoisotopic (exact) mass is 220 g/mol. The Morgan fingerprint density at radius 3 is 2.79 bits per heavy atom. The van der Waals surface area contributed by atoms with E-state index in [0.717, 1.165) is 6.42 Å². The van der Waals surface area contributed by atoms with Crippen molar-refractivity contribution in [3.05, 3.63) is 0 Å². The lowest BCUT2D eigenvalue weighted by Crippen LogP contribution is -2.43. The minimum Gasteiger partial charge on any atom is -0.355 e. The zero-order valence-electron chi connectivity index (χ0n) is 8.16. The highest BCUT2D eigenvalue weighted by molar-refractivity contribution is 7.91. The Morgan fingerprint density at radius 1 is 1.64 bits per heavy atom. The fourth-order valence-corrected chi connectivity index (χ4v) is 3.33. The van der Waals surface area contributed by atoms with Crippen LogP contribution in [-0.4, -0.2) is 39.5 Å². The van der Waals surface area contributed by atoms with E-state index in [1.54, 1.807) is 7.05 Å². The predicted molar refractivity (Wildman–Crippen MR) is 55.4 cm³/mol. The molecular formula is C7H16N4O2S. The van der Waals surface area contributed by atoms with Gasteiger partial charge in [-0.05, 0) is 12.3 Å². The zero-order valence-corrected chi connectivity index (χ0v) is 8.97. The minimum atomic E-state index is -2.79. The fraction of sp³-hybridized carbons (Fsp3) is 0.857. The first-order chi connectivity index (χ1) is 6.57. The second-order valence-electron chi connectivity index (χ2n) is 3.37. The molecule has 1 aliphatic heterocycles. The van der Waals surface area contributed by atoms with Crippen LogP contribution in [0.15, 0.2) is 4.99 Å². The quantitative estimate of drug-likeness (QED) is 0.227. The van der Waals surface area contributed by atoms with Crippen molar-refractivity contribution in [2.45, 2.75) is 6.42 Å². The number of rotatable bonds is 2. The molecule has 1 rings (SSSR count). The standard InChI is InChI=1S/C7H16N4O2S/c1-9-7(11-8)10-4-6-2-3-14(12,13)5-6/h6H,2-5,8H2,1H3,(H2,9,10,11). The van der Waals surface area contributed by atoms with Gasteiger partial charge in [0.05, 0.1) is 11.5 Å². The molecule has 1 atom stereocenters. The molecule has 0 bridgehead atoms. The molecular weight excluding hydrogens is 204 g/mol. The fourth-order valence-electron chi connectivity index (χ4n) is 1.47. The Morgan fingerprint density at radius 2 is 2.36 bits per heavy atom. The highest BCUT2D eigenvalue weighted by Gasteiger charge is 2.27. The number of hydrogen-bond acceptors (Lipinski definition) is 4. The minimum absolute atomic E-state index is 0.171. The van der Waals surface area contributed by atoms with E-state index >= 15 is 0 Å². The van der Waals surface area contributed by atoms with Crippen LogP contribution in [0.5, 0.6) is 0 Å². The maximum Gasteiger partial charge on any atom is 0.205 e. The average molecular weight is 220 g/mol. The van der Waals surface area contributed by atoms with E-state index in [4.69, 9.17) is 5.84 Å². The summed E-state index contributed by atoms with van der Waals surface area (Å²) < 4.78 is 22.3. The summed E-state index contributed by atoms with van der Waals surface area (Å²) in [6.07, 6.45) is 0.719. The number of sulfone groups is 1. The van der Waals surface area contributed by atoms with Crippen molar-refractivity contribution >= 4 is 15.8 Å². The van der Waals surface area contributed by atoms with E-state index in [-0.39, 0.29) is 11.7 Å². The molecule has 1 fully saturated rings. The molecule has 6 nitrogen and oxygen atoms in total. The smallest absolute Gasteiger partial charge is 0.205 e. The van der Waals surface area contributed by atoms with Gasteiger partial charge in [0.15, 0.2) is 9.84 Å². The lowest BCUT2D eigenvalue weighted by Gasteiger charge is -2.11. The van der Waals surface area contributed by atoms with Gasteiger partial charge in [-0.25, -0.2) is 14.3 Å². The van der Waals surface area contributed by atoms with Gasteiger partial charge < -0.3 is 5.32 Å². The summed E-state index contributed by atoms with van der Waals surface area (Å²) in [6.45, 7) is 0.593. The molecule has 1 heterocycles. The number of guanidine groups is 1. The van der Waals surface area contributed by atoms with Gasteiger partial charge in [0, 0.05) is 13.6 Å². The number of hydrazine groups is 1. The van der Waals surface area contributed by atoms with Gasteiger partial charge in [-0.2, -0.15) is 0 Å². The highest BCUT2D eigenvalue weighted by Crippen LogP contribution is 2.17. The molecule has 0 spiro atoms. The van der Waals surface area contributed by atoms with Gasteiger partial charge in [0.25, 0.3) is 0 Å². The summed E-state index contributed by atoms with van der Waals surface area (Å²) in [7, 11) is -1.18. The van der Waals surface area contributed by atoms with Crippen LogP contribution in [0.2, 0.25) is 0 Å². The topological polar surface area (TPSA) is 96.6 Å². The second-order valence-corrected chi connectivity index (χ2v) is 5.60. The van der Waals surface area contributed by atoms with Gasteiger partial charge in [0.2, 0.25) is 5.96 Å². The number of nitrogens with one attached hydrogen (secondary N) is 2. The molecule has 0 aliphatic carbocycles. The molecule has 4 N–H and O–H groups in total. The maximum absolute atomic E-state index is 11.1. The van der Waals surface area contributed by atoms with Crippen LogP contribution < -0.4 is 16.6 Å². The first-order valence-corrected chi connectivity index (χ1v) is 6.27. The molecule has 14 heavy (non-hydrogen) atoms. The van der Waals surface area contributed by atoms with E-state index in [9.17, 15) is 8.42 Å². The Hall–Kier alpha value is -0.820. The molecule has 0 aromatic carbocycles. The second kappa shape index (κ2) is 4.61. The third-order valence-electron chi connectivity index (χ3n) is 2.25. The van der Waals surface area contributed by atoms with Crippen LogP contribution in [0, 0.1) is 5.92 Å². The third kappa shape index (κ3) is 3.15. The van der Waals surface area contributed by atoms with Crippen molar-refractivity contribution in [2.75, 3.05) is 25.1 Å². The molecule has 0 radical (unpaired) electrons. The molecule has 0 aromatic heterocycles. The van der Waals surface area contributed by atoms with Crippen LogP contribution in [0.1, 0.15) is 6.42 Å². The first-order valence-electron chi connectivity index (χ1n) is 4.45. The van der Waals surface area contributed by atoms with Crippen molar-refractivity contribution < 1.29 is 8.42 Å². The van der Waals surface area contributed by atoms with Gasteiger partial charge in [-0.3, -0.25) is 10.4 Å². The molecule has 0 amide bonds. The first kappa shape index (κ1) is 11.3. The largest absolute Gasteiger partial charge is 0.355 e. The summed E-state index contributed by atoms with van der Waals surface area (Å²) in [6, 6.07) is 0. The third-order valence-corrected chi connectivity index (χ3v) is 4.08. The van der Waals surface area contributed by atoms with Crippen LogP contribution in [0.3, 0.4) is 0 Å². The van der Waals surface area contributed by atoms with Crippen LogP contribution in [0.25, 0.3) is 0 Å². The molecule has 7 heteroatoms. The summed E-state index contributed by atoms with van der Waals surface area (Å²) in [5, 5.41) is 2.95. The summed E-state index contributed by atoms with van der Waals surface area (Å²) >= 11 is 0. The number of aliphatic imine (C=N–C) groups is 1. The predicted octanol–water partition coefficient (Wildman–Crippen LogP) is -1.54. The maximum atomic E-state index is 11.1. The molecule has 1 unspecified atom stereocenters. The van der Waals surface area contributed by atoms with Crippen LogP contribution in [-0.2, 0) is 9.84 Å². The molecule has 0 saturated carbocycles. The SMILES string of the molecule is CN=C(NN)NCC1CCS(=O)(=O)C1. The summed E-state index contributed by atoms with van der Waals surface area (Å²) in [4.78, 5) is 3.82. The average Bonchev–Trinajstić information content (AvgIpc) is 2.47. The van der Waals surface area contributed by atoms with E-state index in [0.29, 0.717) is 18.3 Å². The van der Waals surface area contributed by atoms with Crippen LogP contribution >= 0.6 is 0 Å². The van der Waals surface area contributed by atoms with E-state index in [2.05, 4.69) is 15.7 Å². The molecule has 82 valence electrons. The van der Waals surface area contributed by atoms with Gasteiger partial charge in [-0.15, -0.1) is 0 Å². The Balaban J connectivity index is 2.34.